The number of hydrogen-bond acceptors (Lipinski definition) is 2. The summed E-state index contributed by atoms with van der Waals surface area (Å²) in [6, 6.07) is 2.49. The average molecular weight is 321 g/mol. The number of hydrogen-bond donors (Lipinski definition) is 0. The highest BCUT2D eigenvalue weighted by Gasteiger charge is 2.60. The van der Waals surface area contributed by atoms with E-state index in [1.165, 1.54) is 0 Å². The molecule has 0 aliphatic carbocycles. The van der Waals surface area contributed by atoms with Gasteiger partial charge in [0, 0.05) is 5.56 Å². The normalized spacial score (nSPS) is 12.7. The summed E-state index contributed by atoms with van der Waals surface area (Å²) in [5.74, 6) is -6.39. The van der Waals surface area contributed by atoms with Gasteiger partial charge in [0.15, 0.2) is 5.78 Å². The quantitative estimate of drug-likeness (QED) is 0.614. The van der Waals surface area contributed by atoms with Gasteiger partial charge in [-0.1, -0.05) is 11.6 Å². The van der Waals surface area contributed by atoms with Gasteiger partial charge in [0.05, 0.1) is 12.1 Å². The highest BCUT2D eigenvalue weighted by atomic mass is 35.5. The minimum absolute atomic E-state index is 0.0420. The Bertz CT molecular complexity index is 495. The first-order chi connectivity index (χ1) is 8.98. The molecule has 1 aromatic carbocycles. The van der Waals surface area contributed by atoms with Gasteiger partial charge in [-0.2, -0.15) is 26.3 Å². The van der Waals surface area contributed by atoms with E-state index >= 15 is 0 Å². The van der Waals surface area contributed by atoms with E-state index in [1.807, 2.05) is 0 Å². The van der Waals surface area contributed by atoms with Gasteiger partial charge in [0.2, 0.25) is 5.92 Å². The number of carbonyl (C=O) groups is 1. The predicted molar refractivity (Wildman–Crippen MR) is 57.9 cm³/mol. The molecule has 9 heteroatoms. The Morgan fingerprint density at radius 2 is 1.65 bits per heavy atom. The molecule has 1 aromatic rings. The van der Waals surface area contributed by atoms with Crippen LogP contribution >= 0.6 is 11.6 Å². The average Bonchev–Trinajstić information content (AvgIpc) is 2.25. The van der Waals surface area contributed by atoms with Crippen molar-refractivity contribution < 1.29 is 35.9 Å². The highest BCUT2D eigenvalue weighted by Crippen LogP contribution is 2.41. The Morgan fingerprint density at radius 3 is 2.05 bits per heavy atom. The fraction of sp³-hybridized carbons (Fsp3) is 0.364. The van der Waals surface area contributed by atoms with E-state index in [4.69, 9.17) is 11.6 Å². The number of rotatable bonds is 3. The van der Waals surface area contributed by atoms with Gasteiger partial charge >= 0.3 is 12.4 Å². The lowest BCUT2D eigenvalue weighted by Crippen LogP contribution is -2.42. The van der Waals surface area contributed by atoms with Crippen LogP contribution in [0, 0.1) is 5.92 Å². The molecule has 0 unspecified atom stereocenters. The van der Waals surface area contributed by atoms with Crippen molar-refractivity contribution in [3.05, 3.63) is 28.8 Å². The van der Waals surface area contributed by atoms with E-state index in [9.17, 15) is 31.1 Å². The molecule has 0 aliphatic heterocycles. The number of alkyl halides is 6. The van der Waals surface area contributed by atoms with Crippen LogP contribution in [0.1, 0.15) is 10.4 Å². The zero-order valence-corrected chi connectivity index (χ0v) is 10.5. The van der Waals surface area contributed by atoms with Crippen molar-refractivity contribution in [2.45, 2.75) is 12.4 Å². The summed E-state index contributed by atoms with van der Waals surface area (Å²) in [6.07, 6.45) is -11.5. The number of benzene rings is 1. The third kappa shape index (κ3) is 3.56. The Hall–Kier alpha value is -1.44. The summed E-state index contributed by atoms with van der Waals surface area (Å²) in [7, 11) is 1.11. The zero-order valence-electron chi connectivity index (χ0n) is 9.77. The van der Waals surface area contributed by atoms with Crippen molar-refractivity contribution >= 4 is 17.4 Å². The molecule has 0 atom stereocenters. The van der Waals surface area contributed by atoms with Crippen LogP contribution in [0.5, 0.6) is 5.75 Å². The topological polar surface area (TPSA) is 26.3 Å². The standard InChI is InChI=1S/C11H7ClF6O2/c1-20-7-4-5(2-3-6(7)12)8(19)9(10(13,14)15)11(16,17)18/h2-4,9H,1H3. The monoisotopic (exact) mass is 320 g/mol. The number of carbonyl (C=O) groups excluding carboxylic acids is 1. The first-order valence-electron chi connectivity index (χ1n) is 4.99. The zero-order chi connectivity index (χ0) is 15.7. The van der Waals surface area contributed by atoms with Crippen LogP contribution in [0.3, 0.4) is 0 Å². The summed E-state index contributed by atoms with van der Waals surface area (Å²) in [4.78, 5) is 11.5. The van der Waals surface area contributed by atoms with Gasteiger partial charge in [0.25, 0.3) is 0 Å². The second-order valence-corrected chi connectivity index (χ2v) is 4.14. The second kappa shape index (κ2) is 5.51. The molecule has 2 nitrogen and oxygen atoms in total. The Morgan fingerprint density at radius 1 is 1.15 bits per heavy atom. The smallest absolute Gasteiger partial charge is 0.407 e. The highest BCUT2D eigenvalue weighted by molar-refractivity contribution is 6.32. The molecule has 0 spiro atoms. The maximum atomic E-state index is 12.4. The fourth-order valence-electron chi connectivity index (χ4n) is 1.46. The molecular weight excluding hydrogens is 314 g/mol. The van der Waals surface area contributed by atoms with E-state index < -0.39 is 29.6 Å². The second-order valence-electron chi connectivity index (χ2n) is 3.73. The molecule has 0 saturated carbocycles. The third-order valence-corrected chi connectivity index (χ3v) is 2.66. The van der Waals surface area contributed by atoms with Crippen LogP contribution in [-0.2, 0) is 0 Å². The van der Waals surface area contributed by atoms with Crippen molar-refractivity contribution in [2.24, 2.45) is 5.92 Å². The Kier molecular flexibility index (Phi) is 4.58. The number of ether oxygens (including phenoxy) is 1. The Balaban J connectivity index is 3.27. The van der Waals surface area contributed by atoms with Crippen molar-refractivity contribution in [3.63, 3.8) is 0 Å². The minimum Gasteiger partial charge on any atom is -0.495 e. The van der Waals surface area contributed by atoms with E-state index in [2.05, 4.69) is 4.74 Å². The molecule has 0 fully saturated rings. The molecule has 0 aliphatic rings. The van der Waals surface area contributed by atoms with Gasteiger partial charge in [-0.25, -0.2) is 0 Å². The van der Waals surface area contributed by atoms with Crippen LogP contribution in [-0.4, -0.2) is 25.2 Å². The first-order valence-corrected chi connectivity index (χ1v) is 5.37. The fourth-order valence-corrected chi connectivity index (χ4v) is 1.66. The molecule has 0 saturated heterocycles. The lowest BCUT2D eigenvalue weighted by Gasteiger charge is -2.21. The number of ketones is 1. The summed E-state index contributed by atoms with van der Waals surface area (Å²) >= 11 is 5.58. The molecule has 1 rings (SSSR count). The maximum absolute atomic E-state index is 12.4. The van der Waals surface area contributed by atoms with Crippen molar-refractivity contribution in [1.29, 1.82) is 0 Å². The molecule has 20 heavy (non-hydrogen) atoms. The molecule has 112 valence electrons. The van der Waals surface area contributed by atoms with Crippen LogP contribution in [0.4, 0.5) is 26.3 Å². The van der Waals surface area contributed by atoms with E-state index in [-0.39, 0.29) is 10.8 Å². The van der Waals surface area contributed by atoms with Gasteiger partial charge in [-0.3, -0.25) is 4.79 Å². The number of halogens is 7. The third-order valence-electron chi connectivity index (χ3n) is 2.35. The SMILES string of the molecule is COc1cc(C(=O)C(C(F)(F)F)C(F)(F)F)ccc1Cl. The van der Waals surface area contributed by atoms with Crippen LogP contribution in [0.15, 0.2) is 18.2 Å². The van der Waals surface area contributed by atoms with Gasteiger partial charge < -0.3 is 4.74 Å². The lowest BCUT2D eigenvalue weighted by molar-refractivity contribution is -0.264. The van der Waals surface area contributed by atoms with Crippen LogP contribution in [0.2, 0.25) is 5.02 Å². The first kappa shape index (κ1) is 16.6. The summed E-state index contributed by atoms with van der Waals surface area (Å²) in [5, 5.41) is -0.0420. The van der Waals surface area contributed by atoms with E-state index in [1.54, 1.807) is 0 Å². The summed E-state index contributed by atoms with van der Waals surface area (Å²) < 4.78 is 79.1. The molecule has 0 heterocycles. The van der Waals surface area contributed by atoms with Gasteiger partial charge in [-0.15, -0.1) is 0 Å². The molecule has 0 aromatic heterocycles. The lowest BCUT2D eigenvalue weighted by atomic mass is 9.96. The van der Waals surface area contributed by atoms with Gasteiger partial charge in [-0.05, 0) is 18.2 Å². The van der Waals surface area contributed by atoms with E-state index in [0.717, 1.165) is 25.3 Å². The largest absolute Gasteiger partial charge is 0.495 e. The maximum Gasteiger partial charge on any atom is 0.407 e. The number of methoxy groups -OCH3 is 1. The van der Waals surface area contributed by atoms with Crippen molar-refractivity contribution in [2.75, 3.05) is 7.11 Å². The molecular formula is C11H7ClF6O2. The molecule has 0 radical (unpaired) electrons. The summed E-state index contributed by atoms with van der Waals surface area (Å²) in [6.45, 7) is 0. The van der Waals surface area contributed by atoms with Crippen molar-refractivity contribution in [1.82, 2.24) is 0 Å². The Labute approximate surface area is 114 Å². The van der Waals surface area contributed by atoms with E-state index in [0.29, 0.717) is 0 Å². The predicted octanol–water partition coefficient (Wildman–Crippen LogP) is 4.27. The summed E-state index contributed by atoms with van der Waals surface area (Å²) in [5.41, 5.74) is -0.786. The number of Topliss-reactive ketones (excluding diaryl/α,β-unsaturated/α-hetero) is 1. The molecule has 0 N–H and O–H groups in total. The van der Waals surface area contributed by atoms with Gasteiger partial charge in [0.1, 0.15) is 5.75 Å². The van der Waals surface area contributed by atoms with Crippen LogP contribution in [0.25, 0.3) is 0 Å². The molecule has 0 amide bonds. The molecule has 0 bridgehead atoms. The van der Waals surface area contributed by atoms with Crippen LogP contribution < -0.4 is 4.74 Å². The minimum atomic E-state index is -5.73. The van der Waals surface area contributed by atoms with Crippen molar-refractivity contribution in [3.8, 4) is 5.75 Å².